The van der Waals surface area contributed by atoms with Crippen molar-refractivity contribution >= 4 is 19.8 Å². The van der Waals surface area contributed by atoms with E-state index in [2.05, 4.69) is 28.1 Å². The van der Waals surface area contributed by atoms with Gasteiger partial charge < -0.3 is 0 Å². The quantitative estimate of drug-likeness (QED) is 0.573. The molecule has 3 heteroatoms. The van der Waals surface area contributed by atoms with Crippen molar-refractivity contribution in [3.05, 3.63) is 23.8 Å². The van der Waals surface area contributed by atoms with Crippen LogP contribution in [-0.4, -0.2) is 33.0 Å². The van der Waals surface area contributed by atoms with E-state index in [-0.39, 0.29) is 0 Å². The molecule has 0 radical (unpaired) electrons. The van der Waals surface area contributed by atoms with Gasteiger partial charge >= 0.3 is 118 Å². The molecule has 0 aliphatic carbocycles. The summed E-state index contributed by atoms with van der Waals surface area (Å²) >= 11 is -0.980. The summed E-state index contributed by atoms with van der Waals surface area (Å²) in [6.07, 6.45) is 4.80. The summed E-state index contributed by atoms with van der Waals surface area (Å²) in [4.78, 5) is 4.95. The van der Waals surface area contributed by atoms with Crippen LogP contribution in [0.2, 0.25) is 14.3 Å². The van der Waals surface area contributed by atoms with Crippen LogP contribution in [-0.2, 0) is 6.42 Å². The molecule has 0 spiro atoms. The van der Waals surface area contributed by atoms with Gasteiger partial charge in [0.25, 0.3) is 0 Å². The number of hydrogen-bond acceptors (Lipinski definition) is 2. The number of unbranched alkanes of at least 4 members (excludes halogenated alkanes) is 1. The summed E-state index contributed by atoms with van der Waals surface area (Å²) < 4.78 is 12.9. The Labute approximate surface area is 117 Å². The molecule has 0 atom stereocenters. The van der Waals surface area contributed by atoms with Crippen molar-refractivity contribution in [3.63, 3.8) is 0 Å². The molecule has 18 heavy (non-hydrogen) atoms. The molecule has 0 N–H and O–H groups in total. The fourth-order valence-electron chi connectivity index (χ4n) is 2.25. The molecule has 1 aromatic rings. The molecule has 0 amide bonds. The Morgan fingerprint density at radius 1 is 1.28 bits per heavy atom. The van der Waals surface area contributed by atoms with Crippen LogP contribution in [0.25, 0.3) is 0 Å². The Morgan fingerprint density at radius 3 is 3.00 bits per heavy atom. The van der Waals surface area contributed by atoms with E-state index in [1.54, 1.807) is 0 Å². The zero-order chi connectivity index (χ0) is 12.8. The van der Waals surface area contributed by atoms with Crippen LogP contribution in [0.5, 0.6) is 11.5 Å². The maximum absolute atomic E-state index is 5.80. The second-order valence-corrected chi connectivity index (χ2v) is 15.1. The Kier molecular flexibility index (Phi) is 5.67. The third-order valence-corrected chi connectivity index (χ3v) is 7.79. The number of ether oxygens (including phenoxy) is 2. The van der Waals surface area contributed by atoms with E-state index in [9.17, 15) is 0 Å². The van der Waals surface area contributed by atoms with Gasteiger partial charge in [0.1, 0.15) is 0 Å². The van der Waals surface area contributed by atoms with Gasteiger partial charge in [0.05, 0.1) is 0 Å². The van der Waals surface area contributed by atoms with Gasteiger partial charge in [0.15, 0.2) is 0 Å². The minimum absolute atomic E-state index is 0.845. The fraction of sp³-hybridized carbons (Fsp3) is 0.600. The van der Waals surface area contributed by atoms with Crippen molar-refractivity contribution in [3.8, 4) is 11.5 Å². The van der Waals surface area contributed by atoms with Gasteiger partial charge in [-0.15, -0.1) is 0 Å². The van der Waals surface area contributed by atoms with Crippen molar-refractivity contribution in [2.75, 3.05) is 13.2 Å². The molecule has 0 saturated carbocycles. The first-order valence-corrected chi connectivity index (χ1v) is 16.1. The van der Waals surface area contributed by atoms with E-state index in [4.69, 9.17) is 9.47 Å². The minimum atomic E-state index is -0.980. The molecule has 1 heterocycles. The summed E-state index contributed by atoms with van der Waals surface area (Å²) in [5.74, 6) is 1.99. The third-order valence-electron chi connectivity index (χ3n) is 3.33. The van der Waals surface area contributed by atoms with Gasteiger partial charge in [-0.1, -0.05) is 0 Å². The van der Waals surface area contributed by atoms with Crippen LogP contribution < -0.4 is 9.47 Å². The molecule has 0 bridgehead atoms. The fourth-order valence-corrected chi connectivity index (χ4v) is 5.41. The van der Waals surface area contributed by atoms with E-state index in [0.717, 1.165) is 37.6 Å². The molecule has 2 nitrogen and oxygen atoms in total. The van der Waals surface area contributed by atoms with Crippen LogP contribution >= 0.6 is 0 Å². The molecule has 0 saturated heterocycles. The van der Waals surface area contributed by atoms with Crippen molar-refractivity contribution in [2.24, 2.45) is 0 Å². The number of aryl methyl sites for hydroxylation is 1. The normalized spacial score (nSPS) is 14.2. The standard InChI is InChI=1S/C13H17O2.2CH3.Sn.H/c1-2-3-8-14-12-7-6-11-5-4-9-15-13(11)10-12;;;;/h6-7,10H,1-5,8-9H2;2*1H3;;. The molecule has 0 aromatic heterocycles. The van der Waals surface area contributed by atoms with Crippen LogP contribution in [0.15, 0.2) is 18.2 Å². The molecular formula is C15H24O2Sn. The maximum atomic E-state index is 5.80. The van der Waals surface area contributed by atoms with Crippen LogP contribution in [0, 0.1) is 0 Å². The molecule has 1 aromatic carbocycles. The van der Waals surface area contributed by atoms with Gasteiger partial charge in [0, 0.05) is 0 Å². The molecule has 1 aliphatic rings. The second kappa shape index (κ2) is 7.27. The summed E-state index contributed by atoms with van der Waals surface area (Å²) in [5.41, 5.74) is 1.32. The van der Waals surface area contributed by atoms with Crippen LogP contribution in [0.1, 0.15) is 24.8 Å². The zero-order valence-corrected chi connectivity index (χ0v) is 14.9. The Bertz CT molecular complexity index is 377. The SMILES string of the molecule is [CH3][SnH]([CH3])[CH2]CCCOc1ccc2c(c1)OCCC2. The van der Waals surface area contributed by atoms with Gasteiger partial charge in [-0.25, -0.2) is 0 Å². The summed E-state index contributed by atoms with van der Waals surface area (Å²) in [7, 11) is 0. The Morgan fingerprint density at radius 2 is 2.17 bits per heavy atom. The van der Waals surface area contributed by atoms with Gasteiger partial charge in [-0.2, -0.15) is 0 Å². The molecule has 100 valence electrons. The number of benzene rings is 1. The summed E-state index contributed by atoms with van der Waals surface area (Å²) in [5, 5.41) is 0. The van der Waals surface area contributed by atoms with Gasteiger partial charge in [-0.05, 0) is 0 Å². The number of fused-ring (bicyclic) bond motifs is 1. The van der Waals surface area contributed by atoms with Crippen LogP contribution in [0.3, 0.4) is 0 Å². The summed E-state index contributed by atoms with van der Waals surface area (Å²) in [6, 6.07) is 6.28. The number of rotatable bonds is 6. The van der Waals surface area contributed by atoms with Crippen molar-refractivity contribution in [1.29, 1.82) is 0 Å². The number of hydrogen-bond donors (Lipinski definition) is 0. The summed E-state index contributed by atoms with van der Waals surface area (Å²) in [6.45, 7) is 1.69. The van der Waals surface area contributed by atoms with E-state index in [1.807, 2.05) is 0 Å². The zero-order valence-electron chi connectivity index (χ0n) is 11.6. The predicted molar refractivity (Wildman–Crippen MR) is 78.7 cm³/mol. The van der Waals surface area contributed by atoms with Crippen molar-refractivity contribution < 1.29 is 9.47 Å². The van der Waals surface area contributed by atoms with Gasteiger partial charge in [-0.3, -0.25) is 0 Å². The molecule has 0 unspecified atom stereocenters. The topological polar surface area (TPSA) is 18.5 Å². The average Bonchev–Trinajstić information content (AvgIpc) is 2.38. The molecular weight excluding hydrogens is 331 g/mol. The molecule has 0 fully saturated rings. The molecule has 2 rings (SSSR count). The van der Waals surface area contributed by atoms with Crippen molar-refractivity contribution in [1.82, 2.24) is 0 Å². The first-order chi connectivity index (χ1) is 8.75. The van der Waals surface area contributed by atoms with Crippen molar-refractivity contribution in [2.45, 2.75) is 40.0 Å². The third kappa shape index (κ3) is 4.38. The average molecular weight is 355 g/mol. The molecule has 1 aliphatic heterocycles. The first kappa shape index (κ1) is 14.0. The van der Waals surface area contributed by atoms with E-state index in [0.29, 0.717) is 0 Å². The monoisotopic (exact) mass is 356 g/mol. The Hall–Kier alpha value is -0.381. The first-order valence-electron chi connectivity index (χ1n) is 7.14. The van der Waals surface area contributed by atoms with E-state index < -0.39 is 19.8 Å². The van der Waals surface area contributed by atoms with E-state index >= 15 is 0 Å². The van der Waals surface area contributed by atoms with Crippen LogP contribution in [0.4, 0.5) is 0 Å². The predicted octanol–water partition coefficient (Wildman–Crippen LogP) is 3.66. The Balaban J connectivity index is 1.76. The van der Waals surface area contributed by atoms with E-state index in [1.165, 1.54) is 22.8 Å². The second-order valence-electron chi connectivity index (χ2n) is 5.46. The van der Waals surface area contributed by atoms with Gasteiger partial charge in [0.2, 0.25) is 0 Å².